The molecule has 0 aromatic carbocycles. The minimum Gasteiger partial charge on any atom is -0.469 e. The monoisotopic (exact) mass is 481 g/mol. The molecule has 1 heterocycles. The lowest BCUT2D eigenvalue weighted by molar-refractivity contribution is -0.197. The van der Waals surface area contributed by atoms with Crippen LogP contribution in [0, 0.1) is 40.4 Å². The Bertz CT molecular complexity index is 778. The number of fused-ring (bicyclic) bond motifs is 5. The van der Waals surface area contributed by atoms with Gasteiger partial charge in [0.15, 0.2) is 0 Å². The van der Waals surface area contributed by atoms with Crippen molar-refractivity contribution in [1.29, 1.82) is 0 Å². The number of aliphatic hydroxyl groups excluding tert-OH is 2. The van der Waals surface area contributed by atoms with E-state index in [9.17, 15) is 15.0 Å². The third kappa shape index (κ3) is 3.60. The van der Waals surface area contributed by atoms with Gasteiger partial charge >= 0.3 is 5.97 Å². The Labute approximate surface area is 204 Å². The normalized spacial score (nSPS) is 54.7. The van der Waals surface area contributed by atoms with Crippen molar-refractivity contribution in [2.75, 3.05) is 7.11 Å². The molecule has 5 rings (SSSR count). The van der Waals surface area contributed by atoms with E-state index in [0.717, 1.165) is 51.4 Å². The zero-order valence-corrected chi connectivity index (χ0v) is 21.5. The summed E-state index contributed by atoms with van der Waals surface area (Å²) in [6, 6.07) is 0. The zero-order valence-electron chi connectivity index (χ0n) is 21.5. The third-order valence-corrected chi connectivity index (χ3v) is 11.8. The van der Waals surface area contributed by atoms with Gasteiger partial charge in [-0.25, -0.2) is 0 Å². The van der Waals surface area contributed by atoms with Crippen LogP contribution in [-0.4, -0.2) is 58.7 Å². The predicted molar refractivity (Wildman–Crippen MR) is 129 cm³/mol. The Kier molecular flexibility index (Phi) is 6.96. The van der Waals surface area contributed by atoms with E-state index in [1.165, 1.54) is 13.5 Å². The number of methoxy groups -OCH3 is 1. The first kappa shape index (κ1) is 26.3. The van der Waals surface area contributed by atoms with E-state index in [-0.39, 0.29) is 45.9 Å². The van der Waals surface area contributed by atoms with Crippen LogP contribution >= 0.6 is 0 Å². The molecule has 5 fully saturated rings. The SMILES string of the molecule is COC(=O)C1CC[C@@]2(N)[C@@H]3CCC4CC(C5O[C@@H](C)[C@H](O)C[C@H]5O)CC[C@]4(C)[C@H]3CC[C@]12C.O. The van der Waals surface area contributed by atoms with Crippen LogP contribution in [0.4, 0.5) is 0 Å². The molecule has 1 aliphatic heterocycles. The number of aliphatic hydroxyl groups is 2. The van der Waals surface area contributed by atoms with Crippen molar-refractivity contribution in [3.63, 3.8) is 0 Å². The summed E-state index contributed by atoms with van der Waals surface area (Å²) < 4.78 is 11.3. The van der Waals surface area contributed by atoms with E-state index in [1.807, 2.05) is 6.92 Å². The topological polar surface area (TPSA) is 134 Å². The van der Waals surface area contributed by atoms with Crippen LogP contribution in [0.3, 0.4) is 0 Å². The van der Waals surface area contributed by atoms with Crippen molar-refractivity contribution >= 4 is 5.97 Å². The lowest BCUT2D eigenvalue weighted by Crippen LogP contribution is -2.67. The van der Waals surface area contributed by atoms with E-state index in [0.29, 0.717) is 30.1 Å². The van der Waals surface area contributed by atoms with Gasteiger partial charge in [0.25, 0.3) is 0 Å². The van der Waals surface area contributed by atoms with Gasteiger partial charge < -0.3 is 30.9 Å². The highest BCUT2D eigenvalue weighted by Crippen LogP contribution is 2.68. The Hall–Kier alpha value is -0.730. The molecule has 0 radical (unpaired) electrons. The lowest BCUT2D eigenvalue weighted by Gasteiger charge is -2.64. The molecule has 4 aliphatic carbocycles. The minimum atomic E-state index is -0.571. The van der Waals surface area contributed by atoms with Crippen molar-refractivity contribution in [2.45, 2.75) is 115 Å². The van der Waals surface area contributed by atoms with Crippen molar-refractivity contribution in [2.24, 2.45) is 46.2 Å². The highest BCUT2D eigenvalue weighted by atomic mass is 16.5. The number of esters is 1. The quantitative estimate of drug-likeness (QED) is 0.519. The fraction of sp³-hybridized carbons (Fsp3) is 0.963. The molecule has 0 bridgehead atoms. The molecule has 1 saturated heterocycles. The second kappa shape index (κ2) is 8.98. The Balaban J connectivity index is 0.00000274. The first-order chi connectivity index (χ1) is 15.5. The molecule has 5 aliphatic rings. The number of ether oxygens (including phenoxy) is 2. The summed E-state index contributed by atoms with van der Waals surface area (Å²) >= 11 is 0. The number of hydrogen-bond donors (Lipinski definition) is 3. The number of carbonyl (C=O) groups is 1. The molecule has 34 heavy (non-hydrogen) atoms. The molecule has 196 valence electrons. The maximum absolute atomic E-state index is 12.6. The maximum atomic E-state index is 12.6. The molecular weight excluding hydrogens is 434 g/mol. The van der Waals surface area contributed by atoms with Crippen LogP contribution in [0.25, 0.3) is 0 Å². The highest BCUT2D eigenvalue weighted by molar-refractivity contribution is 5.74. The van der Waals surface area contributed by atoms with Crippen LogP contribution in [0.5, 0.6) is 0 Å². The predicted octanol–water partition coefficient (Wildman–Crippen LogP) is 2.59. The Morgan fingerprint density at radius 1 is 0.971 bits per heavy atom. The fourth-order valence-electron chi connectivity index (χ4n) is 9.61. The molecule has 0 aromatic rings. The largest absolute Gasteiger partial charge is 0.469 e. The van der Waals surface area contributed by atoms with Crippen LogP contribution in [0.1, 0.15) is 85.0 Å². The van der Waals surface area contributed by atoms with E-state index in [2.05, 4.69) is 13.8 Å². The number of hydrogen-bond acceptors (Lipinski definition) is 6. The molecule has 0 aromatic heterocycles. The van der Waals surface area contributed by atoms with Gasteiger partial charge in [0.2, 0.25) is 0 Å². The van der Waals surface area contributed by atoms with Gasteiger partial charge in [-0.1, -0.05) is 13.8 Å². The zero-order chi connectivity index (χ0) is 23.8. The van der Waals surface area contributed by atoms with E-state index in [1.54, 1.807) is 0 Å². The van der Waals surface area contributed by atoms with Gasteiger partial charge in [0.05, 0.1) is 37.4 Å². The van der Waals surface area contributed by atoms with Crippen LogP contribution in [0.2, 0.25) is 0 Å². The second-order valence-corrected chi connectivity index (χ2v) is 12.8. The number of rotatable bonds is 2. The van der Waals surface area contributed by atoms with Crippen molar-refractivity contribution in [3.8, 4) is 0 Å². The minimum absolute atomic E-state index is 0. The van der Waals surface area contributed by atoms with Gasteiger partial charge in [-0.3, -0.25) is 4.79 Å². The van der Waals surface area contributed by atoms with Gasteiger partial charge in [-0.2, -0.15) is 0 Å². The van der Waals surface area contributed by atoms with Crippen LogP contribution in [0.15, 0.2) is 0 Å². The van der Waals surface area contributed by atoms with E-state index in [4.69, 9.17) is 15.2 Å². The molecular formula is C27H47NO6. The summed E-state index contributed by atoms with van der Waals surface area (Å²) in [5.74, 6) is 1.91. The summed E-state index contributed by atoms with van der Waals surface area (Å²) in [5, 5.41) is 20.8. The molecule has 7 heteroatoms. The summed E-state index contributed by atoms with van der Waals surface area (Å²) in [4.78, 5) is 12.6. The highest BCUT2D eigenvalue weighted by Gasteiger charge is 2.67. The smallest absolute Gasteiger partial charge is 0.309 e. The summed E-state index contributed by atoms with van der Waals surface area (Å²) in [7, 11) is 1.51. The summed E-state index contributed by atoms with van der Waals surface area (Å²) in [6.45, 7) is 6.69. The molecule has 0 spiro atoms. The average Bonchev–Trinajstić information content (AvgIpc) is 3.06. The molecule has 7 nitrogen and oxygen atoms in total. The molecule has 4 saturated carbocycles. The maximum Gasteiger partial charge on any atom is 0.309 e. The van der Waals surface area contributed by atoms with Crippen molar-refractivity contribution in [3.05, 3.63) is 0 Å². The standard InChI is InChI=1S/C27H45NO5.H2O/c1-15-21(29)14-22(30)23(33-15)16-7-10-25(2)17(13-16)5-6-19-18(25)8-11-26(3)20(24(31)32-4)9-12-27(19,26)28;/h15-23,29-30H,5-14,28H2,1-4H3;1H2/t15-,16?,17?,18-,19+,20?,21+,22+,23?,25-,26+,27+;/m0./s1. The Morgan fingerprint density at radius 3 is 2.41 bits per heavy atom. The molecule has 0 amide bonds. The first-order valence-electron chi connectivity index (χ1n) is 13.4. The number of nitrogens with two attached hydrogens (primary N) is 1. The summed E-state index contributed by atoms with van der Waals surface area (Å²) in [6.07, 6.45) is 8.49. The van der Waals surface area contributed by atoms with Gasteiger partial charge in [-0.05, 0) is 99.2 Å². The second-order valence-electron chi connectivity index (χ2n) is 12.8. The van der Waals surface area contributed by atoms with E-state index < -0.39 is 12.2 Å². The molecule has 12 atom stereocenters. The van der Waals surface area contributed by atoms with Gasteiger partial charge in [-0.15, -0.1) is 0 Å². The van der Waals surface area contributed by atoms with Crippen molar-refractivity contribution < 1.29 is 30.0 Å². The van der Waals surface area contributed by atoms with Crippen molar-refractivity contribution in [1.82, 2.24) is 0 Å². The van der Waals surface area contributed by atoms with E-state index >= 15 is 0 Å². The molecule has 4 unspecified atom stereocenters. The summed E-state index contributed by atoms with van der Waals surface area (Å²) in [5.41, 5.74) is 7.14. The van der Waals surface area contributed by atoms with Gasteiger partial charge in [0, 0.05) is 12.0 Å². The van der Waals surface area contributed by atoms with Crippen LogP contribution < -0.4 is 5.73 Å². The molecule has 6 N–H and O–H groups in total. The average molecular weight is 482 g/mol. The van der Waals surface area contributed by atoms with Gasteiger partial charge in [0.1, 0.15) is 0 Å². The third-order valence-electron chi connectivity index (χ3n) is 11.8. The first-order valence-corrected chi connectivity index (χ1v) is 13.4. The lowest BCUT2D eigenvalue weighted by atomic mass is 9.42. The fourth-order valence-corrected chi connectivity index (χ4v) is 9.61. The Morgan fingerprint density at radius 2 is 1.71 bits per heavy atom. The van der Waals surface area contributed by atoms with Crippen LogP contribution in [-0.2, 0) is 14.3 Å². The number of carbonyl (C=O) groups excluding carboxylic acids is 1.